The molecule has 4 nitrogen and oxygen atoms in total. The van der Waals surface area contributed by atoms with Crippen molar-refractivity contribution in [1.29, 1.82) is 0 Å². The van der Waals surface area contributed by atoms with Gasteiger partial charge in [0.2, 0.25) is 0 Å². The van der Waals surface area contributed by atoms with E-state index in [9.17, 15) is 9.59 Å². The van der Waals surface area contributed by atoms with E-state index in [1.165, 1.54) is 18.4 Å². The van der Waals surface area contributed by atoms with E-state index in [2.05, 4.69) is 9.72 Å². The highest BCUT2D eigenvalue weighted by atomic mass is 32.1. The molecule has 0 saturated carbocycles. The number of ether oxygens (including phenoxy) is 1. The first-order valence-corrected chi connectivity index (χ1v) is 7.20. The second-order valence-corrected chi connectivity index (χ2v) is 4.79. The van der Waals surface area contributed by atoms with Crippen molar-refractivity contribution in [1.82, 2.24) is 4.98 Å². The molecule has 0 amide bonds. The van der Waals surface area contributed by atoms with Gasteiger partial charge in [-0.3, -0.25) is 4.79 Å². The van der Waals surface area contributed by atoms with Crippen molar-refractivity contribution in [3.05, 3.63) is 45.6 Å². The van der Waals surface area contributed by atoms with E-state index in [0.717, 1.165) is 10.1 Å². The van der Waals surface area contributed by atoms with Crippen molar-refractivity contribution in [3.8, 4) is 0 Å². The van der Waals surface area contributed by atoms with Gasteiger partial charge < -0.3 is 9.72 Å². The minimum Gasteiger partial charge on any atom is -0.465 e. The fraction of sp³-hybridized carbons (Fsp3) is 0.200. The third-order valence-electron chi connectivity index (χ3n) is 2.84. The zero-order valence-electron chi connectivity index (χ0n) is 11.5. The van der Waals surface area contributed by atoms with Gasteiger partial charge in [0.1, 0.15) is 0 Å². The first-order chi connectivity index (χ1) is 9.70. The lowest BCUT2D eigenvalue weighted by Gasteiger charge is -2.03. The van der Waals surface area contributed by atoms with E-state index in [-0.39, 0.29) is 5.56 Å². The van der Waals surface area contributed by atoms with Crippen LogP contribution in [0.2, 0.25) is 0 Å². The summed E-state index contributed by atoms with van der Waals surface area (Å²) in [5, 5.41) is 3.50. The van der Waals surface area contributed by atoms with Crippen LogP contribution in [0.1, 0.15) is 24.2 Å². The molecule has 1 aromatic carbocycles. The van der Waals surface area contributed by atoms with E-state index in [1.807, 2.05) is 25.3 Å². The smallest absolute Gasteiger partial charge is 0.337 e. The van der Waals surface area contributed by atoms with Crippen molar-refractivity contribution < 1.29 is 9.53 Å². The number of aromatic nitrogens is 1. The number of carbonyl (C=O) groups is 1. The molecule has 0 fully saturated rings. The number of fused-ring (bicyclic) bond motifs is 3. The van der Waals surface area contributed by atoms with Crippen molar-refractivity contribution in [2.24, 2.45) is 0 Å². The van der Waals surface area contributed by atoms with Gasteiger partial charge >= 0.3 is 5.97 Å². The van der Waals surface area contributed by atoms with Crippen molar-refractivity contribution in [3.63, 3.8) is 0 Å². The fourth-order valence-electron chi connectivity index (χ4n) is 1.98. The molecular formula is C15H15NO3S. The van der Waals surface area contributed by atoms with Gasteiger partial charge in [0, 0.05) is 10.1 Å². The highest BCUT2D eigenvalue weighted by molar-refractivity contribution is 7.18. The summed E-state index contributed by atoms with van der Waals surface area (Å²) in [5.41, 5.74) is 0.940. The molecule has 0 bridgehead atoms. The van der Waals surface area contributed by atoms with Gasteiger partial charge in [-0.05, 0) is 23.6 Å². The molecule has 0 saturated heterocycles. The van der Waals surface area contributed by atoms with Crippen LogP contribution in [0.5, 0.6) is 0 Å². The quantitative estimate of drug-likeness (QED) is 0.697. The number of esters is 1. The molecule has 104 valence electrons. The fourth-order valence-corrected chi connectivity index (χ4v) is 2.91. The van der Waals surface area contributed by atoms with Crippen LogP contribution in [0.3, 0.4) is 0 Å². The summed E-state index contributed by atoms with van der Waals surface area (Å²) in [6.45, 7) is 4.00. The van der Waals surface area contributed by atoms with E-state index in [4.69, 9.17) is 0 Å². The topological polar surface area (TPSA) is 59.2 Å². The summed E-state index contributed by atoms with van der Waals surface area (Å²) < 4.78 is 5.59. The molecule has 0 radical (unpaired) electrons. The lowest BCUT2D eigenvalue weighted by molar-refractivity contribution is 0.0601. The first kappa shape index (κ1) is 14.3. The molecule has 3 aromatic rings. The maximum atomic E-state index is 11.8. The second-order valence-electron chi connectivity index (χ2n) is 3.87. The van der Waals surface area contributed by atoms with Gasteiger partial charge in [-0.2, -0.15) is 0 Å². The van der Waals surface area contributed by atoms with Crippen LogP contribution in [0.15, 0.2) is 34.4 Å². The molecule has 2 heterocycles. The Kier molecular flexibility index (Phi) is 4.20. The monoisotopic (exact) mass is 289 g/mol. The number of aromatic amines is 1. The van der Waals surface area contributed by atoms with Crippen LogP contribution in [-0.2, 0) is 4.74 Å². The van der Waals surface area contributed by atoms with E-state index < -0.39 is 5.97 Å². The summed E-state index contributed by atoms with van der Waals surface area (Å²) in [6.07, 6.45) is 0. The molecule has 0 atom stereocenters. The molecule has 0 unspecified atom stereocenters. The Morgan fingerprint density at radius 1 is 1.20 bits per heavy atom. The van der Waals surface area contributed by atoms with Gasteiger partial charge in [-0.15, -0.1) is 11.3 Å². The molecule has 20 heavy (non-hydrogen) atoms. The zero-order valence-corrected chi connectivity index (χ0v) is 12.3. The molecule has 0 aliphatic heterocycles. The SMILES string of the molecule is CC.COC(=O)c1ccc2c(c1)[nH]c(=O)c1ccsc12. The average Bonchev–Trinajstić information content (AvgIpc) is 2.98. The van der Waals surface area contributed by atoms with Crippen LogP contribution in [-0.4, -0.2) is 18.1 Å². The van der Waals surface area contributed by atoms with Gasteiger partial charge in [-0.25, -0.2) is 4.79 Å². The largest absolute Gasteiger partial charge is 0.465 e. The molecule has 5 heteroatoms. The Labute approximate surface area is 120 Å². The zero-order chi connectivity index (χ0) is 14.7. The number of nitrogens with one attached hydrogen (secondary N) is 1. The van der Waals surface area contributed by atoms with Crippen LogP contribution < -0.4 is 5.56 Å². The van der Waals surface area contributed by atoms with Gasteiger partial charge in [-0.1, -0.05) is 19.9 Å². The number of thiophene rings is 1. The summed E-state index contributed by atoms with van der Waals surface area (Å²) in [5.74, 6) is -0.413. The number of pyridine rings is 1. The van der Waals surface area contributed by atoms with Gasteiger partial charge in [0.25, 0.3) is 5.56 Å². The minimum absolute atomic E-state index is 0.138. The van der Waals surface area contributed by atoms with Crippen LogP contribution in [0.25, 0.3) is 21.0 Å². The molecule has 2 aromatic heterocycles. The normalized spacial score (nSPS) is 10.2. The molecule has 0 aliphatic rings. The Morgan fingerprint density at radius 2 is 1.95 bits per heavy atom. The highest BCUT2D eigenvalue weighted by Gasteiger charge is 2.10. The molecule has 3 rings (SSSR count). The van der Waals surface area contributed by atoms with Crippen molar-refractivity contribution in [2.75, 3.05) is 7.11 Å². The maximum Gasteiger partial charge on any atom is 0.337 e. The summed E-state index contributed by atoms with van der Waals surface area (Å²) in [6, 6.07) is 6.97. The second kappa shape index (κ2) is 5.88. The number of benzene rings is 1. The summed E-state index contributed by atoms with van der Waals surface area (Å²) >= 11 is 1.51. The summed E-state index contributed by atoms with van der Waals surface area (Å²) in [7, 11) is 1.33. The maximum absolute atomic E-state index is 11.8. The number of hydrogen-bond acceptors (Lipinski definition) is 4. The molecule has 1 N–H and O–H groups in total. The Morgan fingerprint density at radius 3 is 2.65 bits per heavy atom. The standard InChI is InChI=1S/C13H9NO3S.C2H6/c1-17-13(16)7-2-3-8-10(6-7)14-12(15)9-4-5-18-11(8)9;1-2/h2-6H,1H3,(H,14,15);1-2H3. The third kappa shape index (κ3) is 2.32. The van der Waals surface area contributed by atoms with E-state index in [0.29, 0.717) is 16.5 Å². The predicted molar refractivity (Wildman–Crippen MR) is 82.6 cm³/mol. The number of methoxy groups -OCH3 is 1. The Hall–Kier alpha value is -2.14. The van der Waals surface area contributed by atoms with E-state index >= 15 is 0 Å². The lowest BCUT2D eigenvalue weighted by atomic mass is 10.1. The van der Waals surface area contributed by atoms with E-state index in [1.54, 1.807) is 18.2 Å². The third-order valence-corrected chi connectivity index (χ3v) is 3.79. The Balaban J connectivity index is 0.000000704. The summed E-state index contributed by atoms with van der Waals surface area (Å²) in [4.78, 5) is 26.1. The molecule has 0 spiro atoms. The van der Waals surface area contributed by atoms with Crippen LogP contribution in [0.4, 0.5) is 0 Å². The Bertz CT molecular complexity index is 817. The average molecular weight is 289 g/mol. The predicted octanol–water partition coefficient (Wildman–Crippen LogP) is 3.56. The van der Waals surface area contributed by atoms with Gasteiger partial charge in [0.05, 0.1) is 23.6 Å². The molecular weight excluding hydrogens is 274 g/mol. The highest BCUT2D eigenvalue weighted by Crippen LogP contribution is 2.26. The van der Waals surface area contributed by atoms with Crippen LogP contribution in [0, 0.1) is 0 Å². The number of H-pyrrole nitrogens is 1. The van der Waals surface area contributed by atoms with Crippen molar-refractivity contribution in [2.45, 2.75) is 13.8 Å². The number of carbonyl (C=O) groups excluding carboxylic acids is 1. The van der Waals surface area contributed by atoms with Gasteiger partial charge in [0.15, 0.2) is 0 Å². The lowest BCUT2D eigenvalue weighted by Crippen LogP contribution is -2.06. The number of hydrogen-bond donors (Lipinski definition) is 1. The van der Waals surface area contributed by atoms with Crippen LogP contribution >= 0.6 is 11.3 Å². The minimum atomic E-state index is -0.413. The first-order valence-electron chi connectivity index (χ1n) is 6.32. The molecule has 0 aliphatic carbocycles. The number of rotatable bonds is 1. The van der Waals surface area contributed by atoms with Crippen molar-refractivity contribution >= 4 is 38.3 Å².